The molecular weight excluding hydrogens is 396 g/mol. The zero-order chi connectivity index (χ0) is 22.6. The fourth-order valence-corrected chi connectivity index (χ4v) is 5.79. The highest BCUT2D eigenvalue weighted by atomic mass is 16.5. The fraction of sp³-hybridized carbons (Fsp3) is 0.739. The lowest BCUT2D eigenvalue weighted by Crippen LogP contribution is -2.58. The van der Waals surface area contributed by atoms with Gasteiger partial charge in [0.05, 0.1) is 18.9 Å². The van der Waals surface area contributed by atoms with E-state index in [1.807, 2.05) is 6.92 Å². The minimum Gasteiger partial charge on any atom is -0.392 e. The number of nitrogens with zero attached hydrogens (tertiary/aromatic N) is 2. The molecule has 2 amide bonds. The van der Waals surface area contributed by atoms with Crippen LogP contribution in [-0.4, -0.2) is 59.3 Å². The van der Waals surface area contributed by atoms with Gasteiger partial charge in [0.15, 0.2) is 0 Å². The van der Waals surface area contributed by atoms with Crippen molar-refractivity contribution < 1.29 is 19.4 Å². The van der Waals surface area contributed by atoms with Gasteiger partial charge in [-0.2, -0.15) is 0 Å². The molecule has 172 valence electrons. The van der Waals surface area contributed by atoms with Crippen LogP contribution >= 0.6 is 0 Å². The van der Waals surface area contributed by atoms with Gasteiger partial charge < -0.3 is 20.5 Å². The highest BCUT2D eigenvalue weighted by Crippen LogP contribution is 2.55. The maximum Gasteiger partial charge on any atom is 0.271 e. The second kappa shape index (κ2) is 10.0. The summed E-state index contributed by atoms with van der Waals surface area (Å²) in [6.07, 6.45) is 7.52. The van der Waals surface area contributed by atoms with Crippen LogP contribution in [0.4, 0.5) is 0 Å². The molecule has 1 aromatic rings. The van der Waals surface area contributed by atoms with Crippen molar-refractivity contribution in [1.82, 2.24) is 20.6 Å². The van der Waals surface area contributed by atoms with Crippen LogP contribution in [0, 0.1) is 29.1 Å². The highest BCUT2D eigenvalue weighted by Gasteiger charge is 2.53. The number of aromatic nitrogens is 2. The molecule has 7 atom stereocenters. The standard InChI is InChI=1S/C23H36N4O4/c1-14(21(29)26-11-12-31-4)16-5-7-23(3)8-6-17(15(2)19(23)20(16)28)27-22(30)18-13-24-9-10-25-18/h9-10,13-17,19-20,28H,5-8,11-12H2,1-4H3,(H,26,29)(H,27,30)/t14-,15+,16-,17-,19+,20-,23-/m0/s1. The molecule has 0 aromatic carbocycles. The molecule has 8 heteroatoms. The van der Waals surface area contributed by atoms with Crippen molar-refractivity contribution in [3.8, 4) is 0 Å². The van der Waals surface area contributed by atoms with E-state index in [2.05, 4.69) is 34.4 Å². The van der Waals surface area contributed by atoms with E-state index in [1.165, 1.54) is 18.6 Å². The number of hydrogen-bond acceptors (Lipinski definition) is 6. The van der Waals surface area contributed by atoms with Crippen LogP contribution < -0.4 is 10.6 Å². The molecule has 0 unspecified atom stereocenters. The zero-order valence-electron chi connectivity index (χ0n) is 19.0. The lowest BCUT2D eigenvalue weighted by atomic mass is 9.51. The molecule has 2 aliphatic rings. The number of amides is 2. The molecule has 31 heavy (non-hydrogen) atoms. The molecule has 2 fully saturated rings. The number of ether oxygens (including phenoxy) is 1. The van der Waals surface area contributed by atoms with Crippen molar-refractivity contribution in [3.05, 3.63) is 24.3 Å². The van der Waals surface area contributed by atoms with Gasteiger partial charge in [0, 0.05) is 38.0 Å². The van der Waals surface area contributed by atoms with Crippen LogP contribution in [0.15, 0.2) is 18.6 Å². The molecule has 8 nitrogen and oxygen atoms in total. The van der Waals surface area contributed by atoms with Gasteiger partial charge in [-0.05, 0) is 48.9 Å². The molecule has 3 rings (SSSR count). The molecule has 0 saturated heterocycles. The Morgan fingerprint density at radius 2 is 2.06 bits per heavy atom. The molecule has 1 heterocycles. The molecule has 0 spiro atoms. The number of carbonyl (C=O) groups excluding carboxylic acids is 2. The van der Waals surface area contributed by atoms with Crippen molar-refractivity contribution in [2.75, 3.05) is 20.3 Å². The van der Waals surface area contributed by atoms with Crippen LogP contribution in [0.1, 0.15) is 56.9 Å². The molecule has 0 bridgehead atoms. The average molecular weight is 433 g/mol. The van der Waals surface area contributed by atoms with Crippen LogP contribution in [0.3, 0.4) is 0 Å². The summed E-state index contributed by atoms with van der Waals surface area (Å²) in [5.74, 6) is -0.556. The van der Waals surface area contributed by atoms with Crippen LogP contribution in [0.5, 0.6) is 0 Å². The summed E-state index contributed by atoms with van der Waals surface area (Å²) in [7, 11) is 1.60. The predicted molar refractivity (Wildman–Crippen MR) is 116 cm³/mol. The Morgan fingerprint density at radius 3 is 2.74 bits per heavy atom. The van der Waals surface area contributed by atoms with E-state index in [1.54, 1.807) is 7.11 Å². The minimum atomic E-state index is -0.590. The van der Waals surface area contributed by atoms with Gasteiger partial charge in [-0.3, -0.25) is 14.6 Å². The van der Waals surface area contributed by atoms with E-state index in [0.29, 0.717) is 18.8 Å². The fourth-order valence-electron chi connectivity index (χ4n) is 5.79. The summed E-state index contributed by atoms with van der Waals surface area (Å²) in [5, 5.41) is 17.4. The Labute approximate surface area is 184 Å². The quantitative estimate of drug-likeness (QED) is 0.566. The summed E-state index contributed by atoms with van der Waals surface area (Å²) in [6, 6.07) is -0.0492. The third-order valence-corrected chi connectivity index (χ3v) is 7.66. The van der Waals surface area contributed by atoms with Crippen LogP contribution in [0.2, 0.25) is 0 Å². The van der Waals surface area contributed by atoms with E-state index in [-0.39, 0.29) is 46.9 Å². The smallest absolute Gasteiger partial charge is 0.271 e. The van der Waals surface area contributed by atoms with Crippen LogP contribution in [0.25, 0.3) is 0 Å². The van der Waals surface area contributed by atoms with Gasteiger partial charge >= 0.3 is 0 Å². The summed E-state index contributed by atoms with van der Waals surface area (Å²) in [6.45, 7) is 7.20. The molecule has 3 N–H and O–H groups in total. The third-order valence-electron chi connectivity index (χ3n) is 7.66. The van der Waals surface area contributed by atoms with Crippen LogP contribution in [-0.2, 0) is 9.53 Å². The number of rotatable bonds is 7. The Kier molecular flexibility index (Phi) is 7.64. The summed E-state index contributed by atoms with van der Waals surface area (Å²) in [4.78, 5) is 33.3. The molecule has 0 radical (unpaired) electrons. The Hall–Kier alpha value is -2.06. The van der Waals surface area contributed by atoms with E-state index in [0.717, 1.165) is 25.7 Å². The third kappa shape index (κ3) is 5.06. The van der Waals surface area contributed by atoms with E-state index in [4.69, 9.17) is 4.74 Å². The maximum absolute atomic E-state index is 12.6. The van der Waals surface area contributed by atoms with Gasteiger partial charge in [0.2, 0.25) is 5.91 Å². The molecule has 2 aliphatic carbocycles. The number of fused-ring (bicyclic) bond motifs is 1. The number of hydrogen-bond donors (Lipinski definition) is 3. The molecule has 1 aromatic heterocycles. The predicted octanol–water partition coefficient (Wildman–Crippen LogP) is 1.80. The lowest BCUT2D eigenvalue weighted by molar-refractivity contribution is -0.142. The largest absolute Gasteiger partial charge is 0.392 e. The number of aliphatic hydroxyl groups excluding tert-OH is 1. The van der Waals surface area contributed by atoms with Gasteiger partial charge in [0.25, 0.3) is 5.91 Å². The summed E-state index contributed by atoms with van der Waals surface area (Å²) >= 11 is 0. The van der Waals surface area contributed by atoms with Crippen molar-refractivity contribution in [1.29, 1.82) is 0 Å². The first-order valence-corrected chi connectivity index (χ1v) is 11.3. The van der Waals surface area contributed by atoms with Crippen molar-refractivity contribution in [2.45, 2.75) is 58.6 Å². The number of aliphatic hydroxyl groups is 1. The van der Waals surface area contributed by atoms with Gasteiger partial charge in [-0.25, -0.2) is 4.98 Å². The maximum atomic E-state index is 12.6. The molecular formula is C23H36N4O4. The average Bonchev–Trinajstić information content (AvgIpc) is 2.76. The zero-order valence-corrected chi connectivity index (χ0v) is 19.0. The van der Waals surface area contributed by atoms with Crippen molar-refractivity contribution in [3.63, 3.8) is 0 Å². The normalized spacial score (nSPS) is 33.8. The van der Waals surface area contributed by atoms with Crippen molar-refractivity contribution in [2.24, 2.45) is 29.1 Å². The monoisotopic (exact) mass is 432 g/mol. The number of nitrogens with one attached hydrogen (secondary N) is 2. The van der Waals surface area contributed by atoms with Gasteiger partial charge in [0.1, 0.15) is 5.69 Å². The van der Waals surface area contributed by atoms with E-state index >= 15 is 0 Å². The van der Waals surface area contributed by atoms with Crippen molar-refractivity contribution >= 4 is 11.8 Å². The molecule has 0 aliphatic heterocycles. The topological polar surface area (TPSA) is 113 Å². The van der Waals surface area contributed by atoms with E-state index in [9.17, 15) is 14.7 Å². The SMILES string of the molecule is COCCNC(=O)[C@@H](C)[C@@H]1CC[C@@]2(C)CC[C@H](NC(=O)c3cnccn3)[C@@H](C)[C@@H]2[C@H]1O. The summed E-state index contributed by atoms with van der Waals surface area (Å²) < 4.78 is 5.00. The molecule has 2 saturated carbocycles. The van der Waals surface area contributed by atoms with Gasteiger partial charge in [-0.15, -0.1) is 0 Å². The Morgan fingerprint density at radius 1 is 1.32 bits per heavy atom. The highest BCUT2D eigenvalue weighted by molar-refractivity contribution is 5.92. The Balaban J connectivity index is 1.70. The van der Waals surface area contributed by atoms with E-state index < -0.39 is 6.10 Å². The lowest BCUT2D eigenvalue weighted by Gasteiger charge is -2.56. The second-order valence-electron chi connectivity index (χ2n) is 9.51. The Bertz CT molecular complexity index is 761. The first-order valence-electron chi connectivity index (χ1n) is 11.3. The first kappa shape index (κ1) is 23.6. The first-order chi connectivity index (χ1) is 14.8. The number of methoxy groups -OCH3 is 1. The number of carbonyl (C=O) groups is 2. The van der Waals surface area contributed by atoms with Gasteiger partial charge in [-0.1, -0.05) is 20.8 Å². The summed E-state index contributed by atoms with van der Waals surface area (Å²) in [5.41, 5.74) is 0.307. The minimum absolute atomic E-state index is 0.00929. The second-order valence-corrected chi connectivity index (χ2v) is 9.51.